The van der Waals surface area contributed by atoms with Crippen molar-refractivity contribution >= 4 is 6.03 Å². The van der Waals surface area contributed by atoms with Gasteiger partial charge in [-0.15, -0.1) is 0 Å². The normalized spacial score (nSPS) is 22.0. The molecule has 2 amide bonds. The number of aromatic nitrogens is 2. The molecule has 1 aromatic rings. The smallest absolute Gasteiger partial charge is 0.317 e. The number of urea groups is 1. The van der Waals surface area contributed by atoms with Crippen LogP contribution in [0.3, 0.4) is 0 Å². The van der Waals surface area contributed by atoms with Gasteiger partial charge in [-0.25, -0.2) is 9.78 Å². The lowest BCUT2D eigenvalue weighted by atomic mass is 10.2. The van der Waals surface area contributed by atoms with Crippen molar-refractivity contribution in [2.24, 2.45) is 5.92 Å². The van der Waals surface area contributed by atoms with E-state index in [1.165, 1.54) is 12.8 Å². The Kier molecular flexibility index (Phi) is 5.51. The Morgan fingerprint density at radius 3 is 3.00 bits per heavy atom. The van der Waals surface area contributed by atoms with Gasteiger partial charge in [-0.05, 0) is 25.8 Å². The van der Waals surface area contributed by atoms with Crippen molar-refractivity contribution in [1.29, 1.82) is 0 Å². The van der Waals surface area contributed by atoms with E-state index in [1.54, 1.807) is 12.5 Å². The molecule has 2 aliphatic rings. The maximum atomic E-state index is 12.5. The summed E-state index contributed by atoms with van der Waals surface area (Å²) in [5, 5.41) is 3.02. The lowest BCUT2D eigenvalue weighted by Gasteiger charge is -2.34. The van der Waals surface area contributed by atoms with E-state index in [0.717, 1.165) is 32.8 Å². The lowest BCUT2D eigenvalue weighted by molar-refractivity contribution is -0.0308. The van der Waals surface area contributed by atoms with Gasteiger partial charge in [0, 0.05) is 51.7 Å². The minimum atomic E-state index is 0.0221. The van der Waals surface area contributed by atoms with Crippen molar-refractivity contribution in [3.63, 3.8) is 0 Å². The highest BCUT2D eigenvalue weighted by atomic mass is 16.5. The molecule has 3 rings (SSSR count). The Hall–Kier alpha value is -1.60. The van der Waals surface area contributed by atoms with Gasteiger partial charge < -0.3 is 24.4 Å². The first-order valence-corrected chi connectivity index (χ1v) is 8.49. The van der Waals surface area contributed by atoms with E-state index < -0.39 is 0 Å². The van der Waals surface area contributed by atoms with E-state index in [-0.39, 0.29) is 12.1 Å². The average molecular weight is 321 g/mol. The van der Waals surface area contributed by atoms with E-state index in [2.05, 4.69) is 22.2 Å². The topological polar surface area (TPSA) is 62.6 Å². The number of morpholine rings is 1. The molecule has 0 bridgehead atoms. The molecule has 7 heteroatoms. The standard InChI is InChI=1S/C16H27N5O2/c1-19-8-9-23-15(11-19)12-21(10-14-2-3-14)16(22)18-5-7-20-6-4-17-13-20/h4,6,13-15H,2-3,5,7-12H2,1H3,(H,18,22)/t15-/m1/s1. The summed E-state index contributed by atoms with van der Waals surface area (Å²) in [7, 11) is 2.10. The molecule has 23 heavy (non-hydrogen) atoms. The van der Waals surface area contributed by atoms with Crippen LogP contribution >= 0.6 is 0 Å². The van der Waals surface area contributed by atoms with Crippen LogP contribution in [-0.2, 0) is 11.3 Å². The molecule has 1 aromatic heterocycles. The number of nitrogens with one attached hydrogen (secondary N) is 1. The molecule has 1 saturated carbocycles. The molecular weight excluding hydrogens is 294 g/mol. The van der Waals surface area contributed by atoms with Crippen LogP contribution in [0.25, 0.3) is 0 Å². The molecular formula is C16H27N5O2. The molecule has 0 unspecified atom stereocenters. The zero-order valence-electron chi connectivity index (χ0n) is 13.9. The van der Waals surface area contributed by atoms with E-state index in [9.17, 15) is 4.79 Å². The summed E-state index contributed by atoms with van der Waals surface area (Å²) < 4.78 is 7.78. The summed E-state index contributed by atoms with van der Waals surface area (Å²) in [4.78, 5) is 20.7. The SMILES string of the molecule is CN1CCO[C@@H](CN(CC2CC2)C(=O)NCCn2ccnc2)C1. The van der Waals surface area contributed by atoms with Crippen LogP contribution in [-0.4, -0.2) is 77.9 Å². The molecule has 1 N–H and O–H groups in total. The number of carbonyl (C=O) groups excluding carboxylic acids is 1. The first-order valence-electron chi connectivity index (χ1n) is 8.49. The number of imidazole rings is 1. The fourth-order valence-corrected chi connectivity index (χ4v) is 2.90. The zero-order valence-corrected chi connectivity index (χ0v) is 13.9. The van der Waals surface area contributed by atoms with Crippen LogP contribution in [0.2, 0.25) is 0 Å². The summed E-state index contributed by atoms with van der Waals surface area (Å²) in [5.41, 5.74) is 0. The molecule has 1 atom stereocenters. The van der Waals surface area contributed by atoms with Crippen LogP contribution in [0.15, 0.2) is 18.7 Å². The summed E-state index contributed by atoms with van der Waals surface area (Å²) in [5.74, 6) is 0.677. The number of nitrogens with zero attached hydrogens (tertiary/aromatic N) is 4. The van der Waals surface area contributed by atoms with Gasteiger partial charge in [0.25, 0.3) is 0 Å². The Morgan fingerprint density at radius 2 is 2.30 bits per heavy atom. The van der Waals surface area contributed by atoms with Gasteiger partial charge in [-0.3, -0.25) is 0 Å². The molecule has 1 aliphatic heterocycles. The summed E-state index contributed by atoms with van der Waals surface area (Å²) >= 11 is 0. The second kappa shape index (κ2) is 7.79. The van der Waals surface area contributed by atoms with Crippen LogP contribution in [0, 0.1) is 5.92 Å². The van der Waals surface area contributed by atoms with Crippen molar-refractivity contribution in [2.75, 3.05) is 46.4 Å². The Morgan fingerprint density at radius 1 is 1.43 bits per heavy atom. The molecule has 0 aromatic carbocycles. The quantitative estimate of drug-likeness (QED) is 0.800. The van der Waals surface area contributed by atoms with Crippen molar-refractivity contribution in [3.05, 3.63) is 18.7 Å². The van der Waals surface area contributed by atoms with Crippen molar-refractivity contribution < 1.29 is 9.53 Å². The van der Waals surface area contributed by atoms with E-state index in [4.69, 9.17) is 4.74 Å². The predicted octanol–water partition coefficient (Wildman–Crippen LogP) is 0.635. The number of carbonyl (C=O) groups is 1. The third-order valence-corrected chi connectivity index (χ3v) is 4.43. The van der Waals surface area contributed by atoms with E-state index >= 15 is 0 Å². The number of amides is 2. The molecule has 128 valence electrons. The van der Waals surface area contributed by atoms with Crippen LogP contribution in [0.4, 0.5) is 4.79 Å². The van der Waals surface area contributed by atoms with E-state index in [0.29, 0.717) is 19.0 Å². The van der Waals surface area contributed by atoms with Crippen molar-refractivity contribution in [1.82, 2.24) is 24.7 Å². The first-order chi connectivity index (χ1) is 11.2. The molecule has 0 spiro atoms. The number of rotatable bonds is 7. The fraction of sp³-hybridized carbons (Fsp3) is 0.750. The number of likely N-dealkylation sites (N-methyl/N-ethyl adjacent to an activating group) is 1. The molecule has 0 radical (unpaired) electrons. The van der Waals surface area contributed by atoms with Crippen molar-refractivity contribution in [3.8, 4) is 0 Å². The Balaban J connectivity index is 1.47. The largest absolute Gasteiger partial charge is 0.374 e. The van der Waals surface area contributed by atoms with Gasteiger partial charge in [-0.2, -0.15) is 0 Å². The molecule has 1 aliphatic carbocycles. The second-order valence-corrected chi connectivity index (χ2v) is 6.64. The number of hydrogen-bond donors (Lipinski definition) is 1. The van der Waals surface area contributed by atoms with Gasteiger partial charge in [0.15, 0.2) is 0 Å². The van der Waals surface area contributed by atoms with Crippen LogP contribution in [0.5, 0.6) is 0 Å². The van der Waals surface area contributed by atoms with Gasteiger partial charge in [-0.1, -0.05) is 0 Å². The fourth-order valence-electron chi connectivity index (χ4n) is 2.90. The minimum Gasteiger partial charge on any atom is -0.374 e. The molecule has 1 saturated heterocycles. The van der Waals surface area contributed by atoms with Crippen LogP contribution < -0.4 is 5.32 Å². The van der Waals surface area contributed by atoms with Crippen molar-refractivity contribution in [2.45, 2.75) is 25.5 Å². The van der Waals surface area contributed by atoms with Gasteiger partial charge in [0.05, 0.1) is 19.0 Å². The minimum absolute atomic E-state index is 0.0221. The third kappa shape index (κ3) is 5.21. The maximum Gasteiger partial charge on any atom is 0.317 e. The molecule has 2 fully saturated rings. The summed E-state index contributed by atoms with van der Waals surface area (Å²) in [6, 6.07) is 0.0221. The highest BCUT2D eigenvalue weighted by molar-refractivity contribution is 5.74. The van der Waals surface area contributed by atoms with Crippen LogP contribution in [0.1, 0.15) is 12.8 Å². The summed E-state index contributed by atoms with van der Waals surface area (Å²) in [6.07, 6.45) is 8.01. The highest BCUT2D eigenvalue weighted by Crippen LogP contribution is 2.29. The number of hydrogen-bond acceptors (Lipinski definition) is 4. The Bertz CT molecular complexity index is 489. The number of ether oxygens (including phenoxy) is 1. The highest BCUT2D eigenvalue weighted by Gasteiger charge is 2.29. The lowest BCUT2D eigenvalue weighted by Crippen LogP contribution is -2.50. The molecule has 2 heterocycles. The summed E-state index contributed by atoms with van der Waals surface area (Å²) in [6.45, 7) is 5.49. The van der Waals surface area contributed by atoms with Gasteiger partial charge in [0.1, 0.15) is 0 Å². The van der Waals surface area contributed by atoms with Gasteiger partial charge in [0.2, 0.25) is 0 Å². The predicted molar refractivity (Wildman–Crippen MR) is 87.2 cm³/mol. The third-order valence-electron chi connectivity index (χ3n) is 4.43. The maximum absolute atomic E-state index is 12.5. The monoisotopic (exact) mass is 321 g/mol. The van der Waals surface area contributed by atoms with Gasteiger partial charge >= 0.3 is 6.03 Å². The average Bonchev–Trinajstić information content (AvgIpc) is 3.19. The second-order valence-electron chi connectivity index (χ2n) is 6.64. The zero-order chi connectivity index (χ0) is 16.1. The first kappa shape index (κ1) is 16.3. The van der Waals surface area contributed by atoms with E-state index in [1.807, 2.05) is 15.7 Å². The Labute approximate surface area is 137 Å². The molecule has 7 nitrogen and oxygen atoms in total.